The standard InChI is InChI=1S/C53H34N4O/c1-2-17-43(18-3-1)57(47-22-12-24-49-50(47)45-20-9-11-23-48(45)58-49)46-21-10-8-19-44(46)53-55-51(54-52(56-53)42-32-28-36-14-5-7-16-40(36)34-42)38-29-25-37(26-30-38)41-31-27-35-13-4-6-15-39(35)33-41/h1-34H. The number of fused-ring (bicyclic) bond motifs is 5. The van der Waals surface area contributed by atoms with Crippen molar-refractivity contribution in [1.82, 2.24) is 15.0 Å². The van der Waals surface area contributed by atoms with Gasteiger partial charge >= 0.3 is 0 Å². The fourth-order valence-corrected chi connectivity index (χ4v) is 8.05. The van der Waals surface area contributed by atoms with Crippen molar-refractivity contribution >= 4 is 60.5 Å². The molecule has 0 aliphatic rings. The molecule has 0 atom stereocenters. The van der Waals surface area contributed by atoms with Gasteiger partial charge in [0.15, 0.2) is 17.5 Å². The molecule has 0 N–H and O–H groups in total. The molecule has 0 radical (unpaired) electrons. The summed E-state index contributed by atoms with van der Waals surface area (Å²) in [4.78, 5) is 18.0. The van der Waals surface area contributed by atoms with Gasteiger partial charge in [0.2, 0.25) is 0 Å². The quantitative estimate of drug-likeness (QED) is 0.163. The van der Waals surface area contributed by atoms with Crippen LogP contribution in [0.5, 0.6) is 0 Å². The highest BCUT2D eigenvalue weighted by Gasteiger charge is 2.23. The predicted octanol–water partition coefficient (Wildman–Crippen LogP) is 14.2. The molecule has 0 saturated carbocycles. The van der Waals surface area contributed by atoms with Gasteiger partial charge in [-0.1, -0.05) is 152 Å². The average molecular weight is 743 g/mol. The first-order chi connectivity index (χ1) is 28.7. The highest BCUT2D eigenvalue weighted by molar-refractivity contribution is 6.13. The third kappa shape index (κ3) is 5.94. The lowest BCUT2D eigenvalue weighted by molar-refractivity contribution is 0.669. The van der Waals surface area contributed by atoms with E-state index in [4.69, 9.17) is 19.4 Å². The number of hydrogen-bond acceptors (Lipinski definition) is 5. The Morgan fingerprint density at radius 1 is 0.345 bits per heavy atom. The van der Waals surface area contributed by atoms with Crippen molar-refractivity contribution < 1.29 is 4.42 Å². The summed E-state index contributed by atoms with van der Waals surface area (Å²) in [6, 6.07) is 71.6. The highest BCUT2D eigenvalue weighted by atomic mass is 16.3. The predicted molar refractivity (Wildman–Crippen MR) is 239 cm³/mol. The Morgan fingerprint density at radius 2 is 0.879 bits per heavy atom. The maximum atomic E-state index is 6.39. The lowest BCUT2D eigenvalue weighted by atomic mass is 10.00. The number of hydrogen-bond donors (Lipinski definition) is 0. The molecule has 2 aromatic heterocycles. The minimum Gasteiger partial charge on any atom is -0.456 e. The third-order valence-electron chi connectivity index (χ3n) is 10.9. The Bertz CT molecular complexity index is 3300. The number of para-hydroxylation sites is 3. The van der Waals surface area contributed by atoms with Crippen molar-refractivity contribution in [3.63, 3.8) is 0 Å². The summed E-state index contributed by atoms with van der Waals surface area (Å²) in [7, 11) is 0. The van der Waals surface area contributed by atoms with E-state index in [1.165, 1.54) is 10.8 Å². The van der Waals surface area contributed by atoms with Crippen LogP contribution in [0.3, 0.4) is 0 Å². The van der Waals surface area contributed by atoms with E-state index in [9.17, 15) is 0 Å². The van der Waals surface area contributed by atoms with E-state index in [2.05, 4.69) is 181 Å². The minimum atomic E-state index is 0.576. The van der Waals surface area contributed by atoms with Gasteiger partial charge < -0.3 is 9.32 Å². The van der Waals surface area contributed by atoms with Crippen molar-refractivity contribution in [2.24, 2.45) is 0 Å². The van der Waals surface area contributed by atoms with E-state index in [-0.39, 0.29) is 0 Å². The highest BCUT2D eigenvalue weighted by Crippen LogP contribution is 2.45. The van der Waals surface area contributed by atoms with Gasteiger partial charge in [-0.3, -0.25) is 0 Å². The zero-order chi connectivity index (χ0) is 38.4. The number of anilines is 3. The van der Waals surface area contributed by atoms with Gasteiger partial charge in [0.25, 0.3) is 0 Å². The molecule has 0 aliphatic heterocycles. The summed E-state index contributed by atoms with van der Waals surface area (Å²) in [6.07, 6.45) is 0. The molecule has 0 aliphatic carbocycles. The zero-order valence-corrected chi connectivity index (χ0v) is 31.3. The molecule has 2 heterocycles. The molecule has 272 valence electrons. The molecule has 0 spiro atoms. The monoisotopic (exact) mass is 742 g/mol. The summed E-state index contributed by atoms with van der Waals surface area (Å²) in [6.45, 7) is 0. The Balaban J connectivity index is 1.10. The molecule has 0 amide bonds. The lowest BCUT2D eigenvalue weighted by Crippen LogP contribution is -2.12. The first-order valence-electron chi connectivity index (χ1n) is 19.4. The number of aromatic nitrogens is 3. The smallest absolute Gasteiger partial charge is 0.166 e. The lowest BCUT2D eigenvalue weighted by Gasteiger charge is -2.28. The number of nitrogens with zero attached hydrogens (tertiary/aromatic N) is 4. The van der Waals surface area contributed by atoms with Gasteiger partial charge in [-0.05, 0) is 87.3 Å². The van der Waals surface area contributed by atoms with Crippen LogP contribution in [-0.4, -0.2) is 15.0 Å². The Kier molecular flexibility index (Phi) is 8.07. The van der Waals surface area contributed by atoms with Gasteiger partial charge in [-0.25, -0.2) is 15.0 Å². The number of rotatable bonds is 7. The molecular weight excluding hydrogens is 709 g/mol. The van der Waals surface area contributed by atoms with Gasteiger partial charge in [-0.15, -0.1) is 0 Å². The van der Waals surface area contributed by atoms with Crippen LogP contribution in [0.2, 0.25) is 0 Å². The molecule has 9 aromatic carbocycles. The van der Waals surface area contributed by atoms with Crippen LogP contribution in [0, 0.1) is 0 Å². The number of benzene rings is 9. The Labute approximate surface area is 335 Å². The maximum absolute atomic E-state index is 6.39. The second kappa shape index (κ2) is 14.0. The summed E-state index contributed by atoms with van der Waals surface area (Å²) in [5, 5.41) is 6.82. The normalized spacial score (nSPS) is 11.4. The van der Waals surface area contributed by atoms with Gasteiger partial charge in [0.05, 0.1) is 16.8 Å². The van der Waals surface area contributed by atoms with E-state index in [1.54, 1.807) is 0 Å². The number of furan rings is 1. The van der Waals surface area contributed by atoms with Crippen molar-refractivity contribution in [2.45, 2.75) is 0 Å². The maximum Gasteiger partial charge on any atom is 0.166 e. The third-order valence-corrected chi connectivity index (χ3v) is 10.9. The summed E-state index contributed by atoms with van der Waals surface area (Å²) >= 11 is 0. The van der Waals surface area contributed by atoms with Crippen LogP contribution >= 0.6 is 0 Å². The fourth-order valence-electron chi connectivity index (χ4n) is 8.05. The van der Waals surface area contributed by atoms with Crippen LogP contribution in [0.4, 0.5) is 17.1 Å². The molecule has 0 fully saturated rings. The van der Waals surface area contributed by atoms with Crippen LogP contribution < -0.4 is 4.90 Å². The average Bonchev–Trinajstić information content (AvgIpc) is 3.69. The van der Waals surface area contributed by atoms with E-state index in [0.717, 1.165) is 77.6 Å². The first-order valence-corrected chi connectivity index (χ1v) is 19.4. The van der Waals surface area contributed by atoms with Crippen molar-refractivity contribution in [1.29, 1.82) is 0 Å². The summed E-state index contributed by atoms with van der Waals surface area (Å²) in [5.74, 6) is 1.78. The second-order valence-corrected chi connectivity index (χ2v) is 14.4. The van der Waals surface area contributed by atoms with E-state index in [1.807, 2.05) is 30.3 Å². The minimum absolute atomic E-state index is 0.576. The van der Waals surface area contributed by atoms with Crippen LogP contribution in [0.15, 0.2) is 211 Å². The summed E-state index contributed by atoms with van der Waals surface area (Å²) in [5.41, 5.74) is 9.58. The molecule has 0 unspecified atom stereocenters. The topological polar surface area (TPSA) is 55.1 Å². The van der Waals surface area contributed by atoms with E-state index >= 15 is 0 Å². The molecule has 5 nitrogen and oxygen atoms in total. The van der Waals surface area contributed by atoms with Gasteiger partial charge in [0, 0.05) is 27.8 Å². The molecule has 11 aromatic rings. The van der Waals surface area contributed by atoms with E-state index < -0.39 is 0 Å². The SMILES string of the molecule is c1ccc(N(c2ccccc2-c2nc(-c3ccc(-c4ccc5ccccc5c4)cc3)nc(-c3ccc4ccccc4c3)n2)c2cccc3oc4ccccc4c23)cc1. The molecule has 0 saturated heterocycles. The fraction of sp³-hybridized carbons (Fsp3) is 0. The van der Waals surface area contributed by atoms with Crippen molar-refractivity contribution in [3.05, 3.63) is 206 Å². The molecule has 11 rings (SSSR count). The largest absolute Gasteiger partial charge is 0.456 e. The zero-order valence-electron chi connectivity index (χ0n) is 31.3. The van der Waals surface area contributed by atoms with Crippen LogP contribution in [0.1, 0.15) is 0 Å². The Hall–Kier alpha value is -7.89. The summed E-state index contributed by atoms with van der Waals surface area (Å²) < 4.78 is 6.39. The van der Waals surface area contributed by atoms with Crippen LogP contribution in [-0.2, 0) is 0 Å². The molecule has 5 heteroatoms. The first kappa shape index (κ1) is 33.4. The van der Waals surface area contributed by atoms with Gasteiger partial charge in [0.1, 0.15) is 11.2 Å². The van der Waals surface area contributed by atoms with Crippen molar-refractivity contribution in [3.8, 4) is 45.3 Å². The van der Waals surface area contributed by atoms with Crippen molar-refractivity contribution in [2.75, 3.05) is 4.90 Å². The molecular formula is C53H34N4O. The molecule has 58 heavy (non-hydrogen) atoms. The second-order valence-electron chi connectivity index (χ2n) is 14.4. The molecule has 0 bridgehead atoms. The van der Waals surface area contributed by atoms with Gasteiger partial charge in [-0.2, -0.15) is 0 Å². The van der Waals surface area contributed by atoms with Crippen LogP contribution in [0.25, 0.3) is 88.8 Å². The van der Waals surface area contributed by atoms with E-state index in [0.29, 0.717) is 17.5 Å². The Morgan fingerprint density at radius 3 is 1.66 bits per heavy atom.